The maximum Gasteiger partial charge on any atom is 0.407 e. The standard InChI is InChI=1S/C25H28N2O7S/c1-33-22(28)13-21(24(30)31)26-23(29)20(11-12-35-2)27-25(32)34-14-19-17-9-5-3-7-15(17)16-8-4-6-10-18(16)19/h3-10,19-21H,11-14H2,1-2H3,(H,26,29)(H,27,32)(H,30,31)/t20-,21-/m1/s1. The Labute approximate surface area is 207 Å². The predicted molar refractivity (Wildman–Crippen MR) is 131 cm³/mol. The number of fused-ring (bicyclic) bond motifs is 3. The van der Waals surface area contributed by atoms with E-state index in [1.54, 1.807) is 0 Å². The third-order valence-electron chi connectivity index (χ3n) is 5.78. The van der Waals surface area contributed by atoms with Gasteiger partial charge in [-0.3, -0.25) is 9.59 Å². The average molecular weight is 501 g/mol. The van der Waals surface area contributed by atoms with Crippen molar-refractivity contribution in [1.29, 1.82) is 0 Å². The number of aliphatic carboxylic acids is 1. The number of carboxylic acids is 1. The molecule has 3 N–H and O–H groups in total. The lowest BCUT2D eigenvalue weighted by Gasteiger charge is -2.21. The molecule has 1 aliphatic carbocycles. The van der Waals surface area contributed by atoms with Gasteiger partial charge in [-0.15, -0.1) is 0 Å². The number of amides is 2. The lowest BCUT2D eigenvalue weighted by atomic mass is 9.98. The molecule has 35 heavy (non-hydrogen) atoms. The van der Waals surface area contributed by atoms with Crippen molar-refractivity contribution in [3.63, 3.8) is 0 Å². The number of hydrogen-bond acceptors (Lipinski definition) is 7. The normalized spacial score (nSPS) is 13.7. The zero-order valence-electron chi connectivity index (χ0n) is 19.5. The van der Waals surface area contributed by atoms with Crippen molar-refractivity contribution < 1.29 is 33.8 Å². The molecule has 0 heterocycles. The molecule has 2 atom stereocenters. The molecule has 0 saturated heterocycles. The van der Waals surface area contributed by atoms with Crippen molar-refractivity contribution in [2.45, 2.75) is 30.8 Å². The molecule has 186 valence electrons. The topological polar surface area (TPSA) is 131 Å². The van der Waals surface area contributed by atoms with E-state index in [1.807, 2.05) is 54.8 Å². The average Bonchev–Trinajstić information content (AvgIpc) is 3.18. The zero-order chi connectivity index (χ0) is 25.4. The Morgan fingerprint density at radius 1 is 0.971 bits per heavy atom. The number of thioether (sulfide) groups is 1. The van der Waals surface area contributed by atoms with Crippen LogP contribution in [-0.2, 0) is 23.9 Å². The summed E-state index contributed by atoms with van der Waals surface area (Å²) in [5.74, 6) is -2.47. The number of nitrogens with one attached hydrogen (secondary N) is 2. The second-order valence-electron chi connectivity index (χ2n) is 7.98. The van der Waals surface area contributed by atoms with Crippen LogP contribution in [0.15, 0.2) is 48.5 Å². The first-order valence-corrected chi connectivity index (χ1v) is 12.5. The van der Waals surface area contributed by atoms with Crippen molar-refractivity contribution >= 4 is 35.7 Å². The van der Waals surface area contributed by atoms with E-state index in [-0.39, 0.29) is 18.9 Å². The Morgan fingerprint density at radius 3 is 2.11 bits per heavy atom. The Kier molecular flexibility index (Phi) is 9.13. The smallest absolute Gasteiger partial charge is 0.407 e. The number of carboxylic acid groups (broad SMARTS) is 1. The molecule has 2 aromatic carbocycles. The third-order valence-corrected chi connectivity index (χ3v) is 6.42. The number of alkyl carbamates (subject to hydrolysis) is 1. The van der Waals surface area contributed by atoms with Crippen LogP contribution in [0.4, 0.5) is 4.79 Å². The minimum absolute atomic E-state index is 0.0802. The van der Waals surface area contributed by atoms with Crippen LogP contribution in [0, 0.1) is 0 Å². The Hall–Kier alpha value is -3.53. The summed E-state index contributed by atoms with van der Waals surface area (Å²) < 4.78 is 9.99. The van der Waals surface area contributed by atoms with Crippen LogP contribution >= 0.6 is 11.8 Å². The molecule has 9 nitrogen and oxygen atoms in total. The van der Waals surface area contributed by atoms with Crippen molar-refractivity contribution in [2.75, 3.05) is 25.7 Å². The molecule has 0 saturated carbocycles. The van der Waals surface area contributed by atoms with Gasteiger partial charge in [-0.05, 0) is 40.7 Å². The minimum atomic E-state index is -1.48. The van der Waals surface area contributed by atoms with Crippen LogP contribution in [0.3, 0.4) is 0 Å². The Balaban J connectivity index is 1.65. The maximum atomic E-state index is 12.8. The number of carbonyl (C=O) groups is 4. The highest BCUT2D eigenvalue weighted by Crippen LogP contribution is 2.44. The molecular weight excluding hydrogens is 472 g/mol. The number of hydrogen-bond donors (Lipinski definition) is 3. The molecule has 0 fully saturated rings. The van der Waals surface area contributed by atoms with Crippen molar-refractivity contribution in [1.82, 2.24) is 10.6 Å². The van der Waals surface area contributed by atoms with Crippen molar-refractivity contribution in [3.05, 3.63) is 59.7 Å². The molecule has 10 heteroatoms. The molecular formula is C25H28N2O7S. The van der Waals surface area contributed by atoms with Crippen molar-refractivity contribution in [3.8, 4) is 11.1 Å². The van der Waals surface area contributed by atoms with Gasteiger partial charge in [0.05, 0.1) is 13.5 Å². The van der Waals surface area contributed by atoms with E-state index in [0.717, 1.165) is 29.4 Å². The second kappa shape index (κ2) is 12.3. The van der Waals surface area contributed by atoms with E-state index >= 15 is 0 Å². The molecule has 2 aromatic rings. The van der Waals surface area contributed by atoms with E-state index < -0.39 is 42.4 Å². The molecule has 0 unspecified atom stereocenters. The number of methoxy groups -OCH3 is 1. The van der Waals surface area contributed by atoms with Crippen LogP contribution in [0.25, 0.3) is 11.1 Å². The maximum absolute atomic E-state index is 12.8. The van der Waals surface area contributed by atoms with Crippen LogP contribution < -0.4 is 10.6 Å². The zero-order valence-corrected chi connectivity index (χ0v) is 20.3. The van der Waals surface area contributed by atoms with Gasteiger partial charge in [0.25, 0.3) is 0 Å². The van der Waals surface area contributed by atoms with Crippen LogP contribution in [0.1, 0.15) is 29.9 Å². The van der Waals surface area contributed by atoms with Gasteiger partial charge in [-0.2, -0.15) is 11.8 Å². The fraction of sp³-hybridized carbons (Fsp3) is 0.360. The first kappa shape index (κ1) is 26.1. The number of ether oxygens (including phenoxy) is 2. The summed E-state index contributed by atoms with van der Waals surface area (Å²) in [4.78, 5) is 48.3. The van der Waals surface area contributed by atoms with E-state index in [9.17, 15) is 24.3 Å². The molecule has 1 aliphatic rings. The molecule has 0 aromatic heterocycles. The van der Waals surface area contributed by atoms with Gasteiger partial charge in [-0.1, -0.05) is 48.5 Å². The largest absolute Gasteiger partial charge is 0.480 e. The lowest BCUT2D eigenvalue weighted by Crippen LogP contribution is -2.52. The van der Waals surface area contributed by atoms with Gasteiger partial charge in [0.15, 0.2) is 0 Å². The van der Waals surface area contributed by atoms with Gasteiger partial charge in [0.1, 0.15) is 18.7 Å². The van der Waals surface area contributed by atoms with E-state index in [0.29, 0.717) is 5.75 Å². The highest BCUT2D eigenvalue weighted by molar-refractivity contribution is 7.98. The number of carbonyl (C=O) groups excluding carboxylic acids is 3. The Bertz CT molecular complexity index is 1050. The summed E-state index contributed by atoms with van der Waals surface area (Å²) in [6.07, 6.45) is 0.784. The summed E-state index contributed by atoms with van der Waals surface area (Å²) >= 11 is 1.47. The summed E-state index contributed by atoms with van der Waals surface area (Å²) in [5, 5.41) is 14.2. The van der Waals surface area contributed by atoms with E-state index in [1.165, 1.54) is 11.8 Å². The van der Waals surface area contributed by atoms with Crippen LogP contribution in [-0.4, -0.2) is 66.9 Å². The number of rotatable bonds is 11. The van der Waals surface area contributed by atoms with Crippen LogP contribution in [0.5, 0.6) is 0 Å². The van der Waals surface area contributed by atoms with Gasteiger partial charge in [0.2, 0.25) is 5.91 Å². The predicted octanol–water partition coefficient (Wildman–Crippen LogP) is 2.78. The summed E-state index contributed by atoms with van der Waals surface area (Å²) in [7, 11) is 1.13. The van der Waals surface area contributed by atoms with Gasteiger partial charge < -0.3 is 25.2 Å². The summed E-state index contributed by atoms with van der Waals surface area (Å²) in [6, 6.07) is 13.4. The molecule has 0 spiro atoms. The van der Waals surface area contributed by atoms with Gasteiger partial charge >= 0.3 is 18.0 Å². The van der Waals surface area contributed by atoms with Gasteiger partial charge in [0, 0.05) is 5.92 Å². The molecule has 0 bridgehead atoms. The molecule has 2 amide bonds. The molecule has 0 aliphatic heterocycles. The van der Waals surface area contributed by atoms with E-state index in [2.05, 4.69) is 15.4 Å². The quantitative estimate of drug-likeness (QED) is 0.402. The highest BCUT2D eigenvalue weighted by atomic mass is 32.2. The van der Waals surface area contributed by atoms with Gasteiger partial charge in [-0.25, -0.2) is 9.59 Å². The third kappa shape index (κ3) is 6.54. The van der Waals surface area contributed by atoms with Crippen LogP contribution in [0.2, 0.25) is 0 Å². The monoisotopic (exact) mass is 500 g/mol. The SMILES string of the molecule is COC(=O)C[C@@H](NC(=O)[C@@H](CCSC)NC(=O)OCC1c2ccccc2-c2ccccc21)C(=O)O. The first-order valence-electron chi connectivity index (χ1n) is 11.1. The Morgan fingerprint density at radius 2 is 1.57 bits per heavy atom. The molecule has 0 radical (unpaired) electrons. The minimum Gasteiger partial charge on any atom is -0.480 e. The second-order valence-corrected chi connectivity index (χ2v) is 8.97. The summed E-state index contributed by atoms with van der Waals surface area (Å²) in [6.45, 7) is 0.0802. The summed E-state index contributed by atoms with van der Waals surface area (Å²) in [5.41, 5.74) is 4.31. The van der Waals surface area contributed by atoms with Crippen molar-refractivity contribution in [2.24, 2.45) is 0 Å². The fourth-order valence-electron chi connectivity index (χ4n) is 4.01. The molecule has 3 rings (SSSR count). The highest BCUT2D eigenvalue weighted by Gasteiger charge is 2.31. The lowest BCUT2D eigenvalue weighted by molar-refractivity contribution is -0.148. The first-order chi connectivity index (χ1) is 16.8. The number of benzene rings is 2. The fourth-order valence-corrected chi connectivity index (χ4v) is 4.48. The number of esters is 1. The van der Waals surface area contributed by atoms with E-state index in [4.69, 9.17) is 4.74 Å².